The summed E-state index contributed by atoms with van der Waals surface area (Å²) in [6.07, 6.45) is 2.50. The zero-order valence-corrected chi connectivity index (χ0v) is 18.3. The Morgan fingerprint density at radius 3 is 2.78 bits per heavy atom. The maximum absolute atomic E-state index is 14.4. The maximum atomic E-state index is 14.4. The molecule has 1 aliphatic heterocycles. The van der Waals surface area contributed by atoms with Crippen LogP contribution in [0.4, 0.5) is 14.9 Å². The molecule has 2 aromatic rings. The number of para-hydroxylation sites is 1. The number of aromatic nitrogens is 4. The van der Waals surface area contributed by atoms with Crippen LogP contribution in [-0.4, -0.2) is 56.9 Å². The maximum Gasteiger partial charge on any atom is 0.410 e. The van der Waals surface area contributed by atoms with Gasteiger partial charge in [-0.1, -0.05) is 6.07 Å². The molecule has 0 bridgehead atoms. The van der Waals surface area contributed by atoms with E-state index in [1.165, 1.54) is 18.3 Å². The van der Waals surface area contributed by atoms with E-state index in [0.717, 1.165) is 12.8 Å². The molecule has 2 heterocycles. The van der Waals surface area contributed by atoms with Crippen molar-refractivity contribution in [3.63, 3.8) is 0 Å². The summed E-state index contributed by atoms with van der Waals surface area (Å²) in [5.41, 5.74) is -0.0366. The van der Waals surface area contributed by atoms with Crippen molar-refractivity contribution in [3.05, 3.63) is 36.0 Å². The molecule has 1 aromatic heterocycles. The third-order valence-electron chi connectivity index (χ3n) is 4.78. The number of anilines is 1. The van der Waals surface area contributed by atoms with Crippen LogP contribution in [-0.2, 0) is 4.74 Å². The summed E-state index contributed by atoms with van der Waals surface area (Å²) in [6.45, 7) is 6.93. The van der Waals surface area contributed by atoms with Crippen molar-refractivity contribution in [2.45, 2.75) is 39.2 Å². The molecule has 0 radical (unpaired) electrons. The number of likely N-dealkylation sites (tertiary alicyclic amines) is 1. The Labute approximate surface area is 185 Å². The fourth-order valence-corrected chi connectivity index (χ4v) is 3.15. The summed E-state index contributed by atoms with van der Waals surface area (Å²) in [5, 5.41) is 25.4. The number of nitrogens with zero attached hydrogens (tertiary/aromatic N) is 5. The van der Waals surface area contributed by atoms with Gasteiger partial charge in [0, 0.05) is 19.3 Å². The Kier molecular flexibility index (Phi) is 7.25. The lowest BCUT2D eigenvalue weighted by molar-refractivity contribution is 0.0164. The van der Waals surface area contributed by atoms with E-state index < -0.39 is 11.4 Å². The van der Waals surface area contributed by atoms with E-state index in [2.05, 4.69) is 25.9 Å². The van der Waals surface area contributed by atoms with Crippen molar-refractivity contribution < 1.29 is 18.7 Å². The fourth-order valence-electron chi connectivity index (χ4n) is 3.15. The molecule has 0 spiro atoms. The number of benzene rings is 1. The standard InChI is InChI=1S/C21H26FN7O3/c1-21(2,3)32-20(30)29-9-7-14(8-10-29)13-31-18-16(22)5-4-6-17(18)24-12-15(11-23)19-25-27-28-26-19/h4-6,12,14,24H,7-10,13H2,1-3H3,(H,25,26,27,28). The SMILES string of the molecule is CC(C)(C)OC(=O)N1CCC(COc2c(F)cccc2NC=C(C#N)c2nn[nH]n2)CC1. The van der Waals surface area contributed by atoms with Crippen molar-refractivity contribution >= 4 is 17.4 Å². The molecule has 170 valence electrons. The number of nitriles is 1. The van der Waals surface area contributed by atoms with Gasteiger partial charge in [-0.05, 0) is 56.9 Å². The third kappa shape index (κ3) is 6.16. The quantitative estimate of drug-likeness (QED) is 0.651. The largest absolute Gasteiger partial charge is 0.488 e. The number of nitrogens with one attached hydrogen (secondary N) is 2. The van der Waals surface area contributed by atoms with Gasteiger partial charge in [0.2, 0.25) is 5.82 Å². The Balaban J connectivity index is 1.58. The number of tetrazole rings is 1. The van der Waals surface area contributed by atoms with Gasteiger partial charge in [-0.3, -0.25) is 0 Å². The van der Waals surface area contributed by atoms with E-state index in [0.29, 0.717) is 25.4 Å². The minimum atomic E-state index is -0.533. The molecule has 3 rings (SSSR count). The summed E-state index contributed by atoms with van der Waals surface area (Å²) in [4.78, 5) is 13.9. The van der Waals surface area contributed by atoms with Crippen molar-refractivity contribution in [1.29, 1.82) is 5.26 Å². The van der Waals surface area contributed by atoms with Crippen LogP contribution in [0.15, 0.2) is 24.4 Å². The molecule has 0 saturated carbocycles. The Morgan fingerprint density at radius 2 is 2.16 bits per heavy atom. The first kappa shape index (κ1) is 23.0. The van der Waals surface area contributed by atoms with Crippen LogP contribution in [0, 0.1) is 23.1 Å². The van der Waals surface area contributed by atoms with Crippen LogP contribution in [0.3, 0.4) is 0 Å². The van der Waals surface area contributed by atoms with Gasteiger partial charge in [-0.25, -0.2) is 9.18 Å². The zero-order valence-electron chi connectivity index (χ0n) is 18.3. The van der Waals surface area contributed by atoms with E-state index >= 15 is 0 Å². The molecule has 11 heteroatoms. The Hall–Kier alpha value is -3.68. The Bertz CT molecular complexity index is 988. The lowest BCUT2D eigenvalue weighted by Gasteiger charge is -2.33. The molecule has 0 unspecified atom stereocenters. The minimum absolute atomic E-state index is 0.0590. The second kappa shape index (κ2) is 10.1. The van der Waals surface area contributed by atoms with Crippen LogP contribution in [0.25, 0.3) is 5.57 Å². The number of allylic oxidation sites excluding steroid dienone is 1. The molecule has 2 N–H and O–H groups in total. The number of aromatic amines is 1. The van der Waals surface area contributed by atoms with Crippen molar-refractivity contribution in [3.8, 4) is 11.8 Å². The topological polar surface area (TPSA) is 129 Å². The lowest BCUT2D eigenvalue weighted by Crippen LogP contribution is -2.42. The van der Waals surface area contributed by atoms with Gasteiger partial charge >= 0.3 is 6.09 Å². The highest BCUT2D eigenvalue weighted by molar-refractivity contribution is 5.75. The number of piperidine rings is 1. The summed E-state index contributed by atoms with van der Waals surface area (Å²) in [5.74, 6) is -0.169. The molecule has 0 atom stereocenters. The van der Waals surface area contributed by atoms with E-state index in [1.807, 2.05) is 26.8 Å². The monoisotopic (exact) mass is 443 g/mol. The number of H-pyrrole nitrogens is 1. The number of carbonyl (C=O) groups is 1. The number of carbonyl (C=O) groups excluding carboxylic acids is 1. The molecule has 32 heavy (non-hydrogen) atoms. The zero-order chi connectivity index (χ0) is 23.1. The van der Waals surface area contributed by atoms with E-state index in [1.54, 1.807) is 11.0 Å². The summed E-state index contributed by atoms with van der Waals surface area (Å²) < 4.78 is 25.7. The van der Waals surface area contributed by atoms with Crippen molar-refractivity contribution in [2.24, 2.45) is 5.92 Å². The fraction of sp³-hybridized carbons (Fsp3) is 0.476. The highest BCUT2D eigenvalue weighted by Gasteiger charge is 2.27. The molecule has 1 fully saturated rings. The van der Waals surface area contributed by atoms with Crippen LogP contribution >= 0.6 is 0 Å². The van der Waals surface area contributed by atoms with Crippen LogP contribution in [0.5, 0.6) is 5.75 Å². The summed E-state index contributed by atoms with van der Waals surface area (Å²) >= 11 is 0. The van der Waals surface area contributed by atoms with Gasteiger partial charge in [0.15, 0.2) is 11.6 Å². The molecule has 1 aromatic carbocycles. The highest BCUT2D eigenvalue weighted by Crippen LogP contribution is 2.30. The first-order chi connectivity index (χ1) is 15.3. The van der Waals surface area contributed by atoms with Crippen molar-refractivity contribution in [2.75, 3.05) is 25.0 Å². The number of ether oxygens (including phenoxy) is 2. The van der Waals surface area contributed by atoms with Crippen molar-refractivity contribution in [1.82, 2.24) is 25.5 Å². The predicted octanol–water partition coefficient (Wildman–Crippen LogP) is 3.34. The predicted molar refractivity (Wildman–Crippen MR) is 114 cm³/mol. The first-order valence-electron chi connectivity index (χ1n) is 10.3. The number of hydrogen-bond acceptors (Lipinski definition) is 8. The lowest BCUT2D eigenvalue weighted by atomic mass is 9.98. The second-order valence-corrected chi connectivity index (χ2v) is 8.39. The average Bonchev–Trinajstić information content (AvgIpc) is 3.27. The number of hydrogen-bond donors (Lipinski definition) is 2. The number of halogens is 1. The molecular formula is C21H26FN7O3. The first-order valence-corrected chi connectivity index (χ1v) is 10.3. The smallest absolute Gasteiger partial charge is 0.410 e. The molecule has 1 amide bonds. The molecule has 1 aliphatic rings. The summed E-state index contributed by atoms with van der Waals surface area (Å²) in [7, 11) is 0. The van der Waals surface area contributed by atoms with Crippen LogP contribution in [0.2, 0.25) is 0 Å². The van der Waals surface area contributed by atoms with Gasteiger partial charge < -0.3 is 19.7 Å². The molecule has 10 nitrogen and oxygen atoms in total. The summed E-state index contributed by atoms with van der Waals surface area (Å²) in [6, 6.07) is 6.45. The molecule has 1 saturated heterocycles. The normalized spacial score (nSPS) is 15.2. The second-order valence-electron chi connectivity index (χ2n) is 8.39. The van der Waals surface area contributed by atoms with Gasteiger partial charge in [0.1, 0.15) is 17.2 Å². The highest BCUT2D eigenvalue weighted by atomic mass is 19.1. The van der Waals surface area contributed by atoms with Gasteiger partial charge in [0.05, 0.1) is 12.3 Å². The number of amides is 1. The third-order valence-corrected chi connectivity index (χ3v) is 4.78. The Morgan fingerprint density at radius 1 is 1.41 bits per heavy atom. The minimum Gasteiger partial charge on any atom is -0.488 e. The van der Waals surface area contributed by atoms with Crippen LogP contribution < -0.4 is 10.1 Å². The van der Waals surface area contributed by atoms with E-state index in [-0.39, 0.29) is 29.2 Å². The van der Waals surface area contributed by atoms with Gasteiger partial charge in [-0.2, -0.15) is 10.5 Å². The average molecular weight is 443 g/mol. The van der Waals surface area contributed by atoms with E-state index in [4.69, 9.17) is 9.47 Å². The van der Waals surface area contributed by atoms with Gasteiger partial charge in [-0.15, -0.1) is 10.2 Å². The molecular weight excluding hydrogens is 417 g/mol. The van der Waals surface area contributed by atoms with Crippen LogP contribution in [0.1, 0.15) is 39.4 Å². The molecule has 0 aliphatic carbocycles. The van der Waals surface area contributed by atoms with Gasteiger partial charge in [0.25, 0.3) is 0 Å². The number of rotatable bonds is 6. The van der Waals surface area contributed by atoms with E-state index in [9.17, 15) is 14.4 Å².